The molecule has 0 spiro atoms. The third-order valence-electron chi connectivity index (χ3n) is 6.95. The number of hydrogen-bond donors (Lipinski definition) is 1. The highest BCUT2D eigenvalue weighted by Crippen LogP contribution is 2.52. The van der Waals surface area contributed by atoms with Gasteiger partial charge in [-0.15, -0.1) is 0 Å². The van der Waals surface area contributed by atoms with E-state index in [0.717, 1.165) is 18.4 Å². The normalized spacial score (nSPS) is 27.9. The van der Waals surface area contributed by atoms with E-state index in [1.165, 1.54) is 21.6 Å². The topological polar surface area (TPSA) is 66.5 Å². The molecule has 1 N–H and O–H groups in total. The number of carbonyl (C=O) groups is 3. The lowest BCUT2D eigenvalue weighted by Crippen LogP contribution is -2.39. The maximum Gasteiger partial charge on any atom is 0.244 e. The van der Waals surface area contributed by atoms with Crippen molar-refractivity contribution in [2.75, 3.05) is 11.9 Å². The molecule has 3 aliphatic carbocycles. The van der Waals surface area contributed by atoms with Crippen LogP contribution in [0, 0.1) is 23.7 Å². The van der Waals surface area contributed by atoms with Crippen molar-refractivity contribution in [2.45, 2.75) is 12.8 Å². The zero-order valence-electron chi connectivity index (χ0n) is 15.8. The number of rotatable bonds is 3. The Hall–Kier alpha value is -3.21. The first-order chi connectivity index (χ1) is 14.1. The molecule has 1 saturated heterocycles. The zero-order valence-corrected chi connectivity index (χ0v) is 15.8. The Morgan fingerprint density at radius 3 is 2.38 bits per heavy atom. The molecule has 2 aromatic rings. The van der Waals surface area contributed by atoms with Gasteiger partial charge in [-0.25, -0.2) is 0 Å². The van der Waals surface area contributed by atoms with Gasteiger partial charge in [0, 0.05) is 5.69 Å². The fraction of sp³-hybridized carbons (Fsp3) is 0.292. The molecular weight excluding hydrogens is 364 g/mol. The van der Waals surface area contributed by atoms with Gasteiger partial charge in [-0.3, -0.25) is 19.3 Å². The van der Waals surface area contributed by atoms with E-state index >= 15 is 0 Å². The summed E-state index contributed by atoms with van der Waals surface area (Å²) in [6, 6.07) is 14.2. The third kappa shape index (κ3) is 2.36. The number of nitrogens with zero attached hydrogens (tertiary/aromatic N) is 1. The maximum absolute atomic E-state index is 12.8. The lowest BCUT2D eigenvalue weighted by Gasteiger charge is -2.17. The van der Waals surface area contributed by atoms with Crippen molar-refractivity contribution < 1.29 is 14.4 Å². The quantitative estimate of drug-likeness (QED) is 0.558. The van der Waals surface area contributed by atoms with E-state index < -0.39 is 0 Å². The molecule has 3 amide bonds. The molecule has 4 aliphatic rings. The third-order valence-corrected chi connectivity index (χ3v) is 6.95. The molecule has 1 aliphatic heterocycles. The van der Waals surface area contributed by atoms with Crippen molar-refractivity contribution in [1.82, 2.24) is 4.90 Å². The number of carbonyl (C=O) groups excluding carboxylic acids is 3. The number of likely N-dealkylation sites (tertiary alicyclic amines) is 1. The van der Waals surface area contributed by atoms with Crippen molar-refractivity contribution >= 4 is 23.4 Å². The molecule has 29 heavy (non-hydrogen) atoms. The van der Waals surface area contributed by atoms with Crippen LogP contribution in [0.4, 0.5) is 5.69 Å². The van der Waals surface area contributed by atoms with Crippen molar-refractivity contribution in [1.29, 1.82) is 0 Å². The van der Waals surface area contributed by atoms with Crippen LogP contribution in [0.1, 0.15) is 17.5 Å². The fourth-order valence-corrected chi connectivity index (χ4v) is 5.67. The molecule has 6 rings (SSSR count). The molecule has 1 saturated carbocycles. The van der Waals surface area contributed by atoms with Crippen LogP contribution in [0.15, 0.2) is 54.6 Å². The molecule has 5 heteroatoms. The minimum atomic E-state index is -0.335. The number of allylic oxidation sites excluding steroid dienone is 2. The SMILES string of the molecule is O=C(CN1C(=O)[C@@H]2[C@H](C1=O)[C@H]1C=C[C@H]2C1)Nc1ccc2c(c1)-c1ccccc1C2. The summed E-state index contributed by atoms with van der Waals surface area (Å²) in [6.07, 6.45) is 5.91. The van der Waals surface area contributed by atoms with Gasteiger partial charge in [0.05, 0.1) is 11.8 Å². The predicted molar refractivity (Wildman–Crippen MR) is 108 cm³/mol. The summed E-state index contributed by atoms with van der Waals surface area (Å²) in [7, 11) is 0. The minimum absolute atomic E-state index is 0.159. The van der Waals surface area contributed by atoms with Gasteiger partial charge >= 0.3 is 0 Å². The van der Waals surface area contributed by atoms with E-state index in [2.05, 4.69) is 29.6 Å². The van der Waals surface area contributed by atoms with Crippen LogP contribution in [-0.2, 0) is 20.8 Å². The summed E-state index contributed by atoms with van der Waals surface area (Å²) in [5, 5.41) is 2.87. The van der Waals surface area contributed by atoms with Crippen molar-refractivity contribution in [2.24, 2.45) is 23.7 Å². The largest absolute Gasteiger partial charge is 0.325 e. The first-order valence-corrected chi connectivity index (χ1v) is 10.1. The summed E-state index contributed by atoms with van der Waals surface area (Å²) >= 11 is 0. The molecule has 0 aromatic heterocycles. The Labute approximate surface area is 168 Å². The summed E-state index contributed by atoms with van der Waals surface area (Å²) in [5.74, 6) is -0.913. The maximum atomic E-state index is 12.8. The average Bonchev–Trinajstić information content (AvgIpc) is 3.47. The predicted octanol–water partition coefficient (Wildman–Crippen LogP) is 3.00. The van der Waals surface area contributed by atoms with Crippen LogP contribution >= 0.6 is 0 Å². The van der Waals surface area contributed by atoms with E-state index in [1.807, 2.05) is 30.3 Å². The van der Waals surface area contributed by atoms with Gasteiger partial charge in [0.1, 0.15) is 6.54 Å². The van der Waals surface area contributed by atoms with Crippen LogP contribution in [-0.4, -0.2) is 29.2 Å². The van der Waals surface area contributed by atoms with Gasteiger partial charge in [-0.2, -0.15) is 0 Å². The molecule has 144 valence electrons. The molecule has 0 unspecified atom stereocenters. The Morgan fingerprint density at radius 2 is 1.62 bits per heavy atom. The molecule has 2 bridgehead atoms. The van der Waals surface area contributed by atoms with Crippen LogP contribution in [0.2, 0.25) is 0 Å². The van der Waals surface area contributed by atoms with Gasteiger partial charge in [0.2, 0.25) is 17.7 Å². The first-order valence-electron chi connectivity index (χ1n) is 10.1. The first kappa shape index (κ1) is 16.7. The number of fused-ring (bicyclic) bond motifs is 8. The van der Waals surface area contributed by atoms with Crippen LogP contribution in [0.25, 0.3) is 11.1 Å². The van der Waals surface area contributed by atoms with Crippen molar-refractivity contribution in [3.05, 3.63) is 65.7 Å². The number of amides is 3. The molecule has 5 nitrogen and oxygen atoms in total. The van der Waals surface area contributed by atoms with Gasteiger partial charge < -0.3 is 5.32 Å². The highest BCUT2D eigenvalue weighted by Gasteiger charge is 2.59. The molecule has 1 heterocycles. The summed E-state index contributed by atoms with van der Waals surface area (Å²) < 4.78 is 0. The van der Waals surface area contributed by atoms with Gasteiger partial charge in [-0.1, -0.05) is 42.5 Å². The lowest BCUT2D eigenvalue weighted by molar-refractivity contribution is -0.143. The fourth-order valence-electron chi connectivity index (χ4n) is 5.67. The molecule has 0 radical (unpaired) electrons. The van der Waals surface area contributed by atoms with Gasteiger partial charge in [0.25, 0.3) is 0 Å². The highest BCUT2D eigenvalue weighted by molar-refractivity contribution is 6.09. The smallest absolute Gasteiger partial charge is 0.244 e. The Morgan fingerprint density at radius 1 is 0.931 bits per heavy atom. The second-order valence-electron chi connectivity index (χ2n) is 8.52. The lowest BCUT2D eigenvalue weighted by atomic mass is 9.85. The van der Waals surface area contributed by atoms with Crippen molar-refractivity contribution in [3.8, 4) is 11.1 Å². The second-order valence-corrected chi connectivity index (χ2v) is 8.52. The van der Waals surface area contributed by atoms with E-state index in [0.29, 0.717) is 5.69 Å². The van der Waals surface area contributed by atoms with Crippen molar-refractivity contribution in [3.63, 3.8) is 0 Å². The molecule has 2 fully saturated rings. The van der Waals surface area contributed by atoms with Gasteiger partial charge in [-0.05, 0) is 59.1 Å². The Bertz CT molecular complexity index is 1090. The number of benzene rings is 2. The summed E-state index contributed by atoms with van der Waals surface area (Å²) in [4.78, 5) is 39.3. The van der Waals surface area contributed by atoms with Crippen LogP contribution < -0.4 is 5.32 Å². The Balaban J connectivity index is 1.19. The van der Waals surface area contributed by atoms with E-state index in [1.54, 1.807) is 0 Å². The molecular formula is C24H20N2O3. The Kier molecular flexibility index (Phi) is 3.40. The highest BCUT2D eigenvalue weighted by atomic mass is 16.2. The zero-order chi connectivity index (χ0) is 19.7. The van der Waals surface area contributed by atoms with E-state index in [4.69, 9.17) is 0 Å². The van der Waals surface area contributed by atoms with Crippen LogP contribution in [0.3, 0.4) is 0 Å². The minimum Gasteiger partial charge on any atom is -0.325 e. The monoisotopic (exact) mass is 384 g/mol. The number of anilines is 1. The van der Waals surface area contributed by atoms with E-state index in [9.17, 15) is 14.4 Å². The number of nitrogens with one attached hydrogen (secondary N) is 1. The van der Waals surface area contributed by atoms with Crippen LogP contribution in [0.5, 0.6) is 0 Å². The average molecular weight is 384 g/mol. The number of hydrogen-bond acceptors (Lipinski definition) is 3. The standard InChI is InChI=1S/C24H20N2O3/c27-20(12-26-23(28)21-15-5-6-16(10-15)22(21)24(26)29)25-17-8-7-14-9-13-3-1-2-4-18(13)19(14)11-17/h1-8,11,15-16,21-22H,9-10,12H2,(H,25,27)/t15-,16-,21-,22+/m0/s1. The van der Waals surface area contributed by atoms with E-state index in [-0.39, 0.29) is 47.9 Å². The summed E-state index contributed by atoms with van der Waals surface area (Å²) in [5.41, 5.74) is 5.54. The second kappa shape index (κ2) is 5.89. The number of imide groups is 1. The molecule has 2 aromatic carbocycles. The van der Waals surface area contributed by atoms with Gasteiger partial charge in [0.15, 0.2) is 0 Å². The summed E-state index contributed by atoms with van der Waals surface area (Å²) in [6.45, 7) is -0.211. The molecule has 4 atom stereocenters.